The van der Waals surface area contributed by atoms with Crippen LogP contribution in [-0.4, -0.2) is 14.3 Å². The van der Waals surface area contributed by atoms with Crippen molar-refractivity contribution in [1.82, 2.24) is 5.32 Å². The molecule has 0 aliphatic heterocycles. The van der Waals surface area contributed by atoms with Crippen molar-refractivity contribution in [2.24, 2.45) is 0 Å². The molecule has 0 bridgehead atoms. The first-order chi connectivity index (χ1) is 13.5. The maximum atomic E-state index is 12.9. The fourth-order valence-corrected chi connectivity index (χ4v) is 4.02. The molecule has 0 saturated heterocycles. The summed E-state index contributed by atoms with van der Waals surface area (Å²) < 4.78 is 27.8. The van der Waals surface area contributed by atoms with Gasteiger partial charge in [-0.1, -0.05) is 67.6 Å². The summed E-state index contributed by atoms with van der Waals surface area (Å²) in [4.78, 5) is 13.0. The second-order valence-corrected chi connectivity index (χ2v) is 7.99. The van der Waals surface area contributed by atoms with E-state index in [1.54, 1.807) is 42.5 Å². The predicted molar refractivity (Wildman–Crippen MR) is 111 cm³/mol. The summed E-state index contributed by atoms with van der Waals surface area (Å²) >= 11 is 0. The largest absolute Gasteiger partial charge is 0.345 e. The van der Waals surface area contributed by atoms with E-state index in [4.69, 9.17) is 0 Å². The average molecular weight is 394 g/mol. The molecule has 3 rings (SSSR count). The van der Waals surface area contributed by atoms with Crippen molar-refractivity contribution in [3.8, 4) is 0 Å². The number of sulfonamides is 1. The molecule has 0 fully saturated rings. The van der Waals surface area contributed by atoms with E-state index in [-0.39, 0.29) is 28.1 Å². The Morgan fingerprint density at radius 2 is 1.43 bits per heavy atom. The zero-order valence-corrected chi connectivity index (χ0v) is 16.3. The first-order valence-electron chi connectivity index (χ1n) is 9.04. The van der Waals surface area contributed by atoms with E-state index in [0.717, 1.165) is 5.56 Å². The smallest absolute Gasteiger partial charge is 0.261 e. The Morgan fingerprint density at radius 3 is 2.07 bits per heavy atom. The Bertz CT molecular complexity index is 1040. The molecule has 0 saturated carbocycles. The van der Waals surface area contributed by atoms with E-state index >= 15 is 0 Å². The number of nitrogens with one attached hydrogen (secondary N) is 2. The summed E-state index contributed by atoms with van der Waals surface area (Å²) in [6.07, 6.45) is 0.716. The normalized spacial score (nSPS) is 12.2. The van der Waals surface area contributed by atoms with Gasteiger partial charge in [0.15, 0.2) is 0 Å². The van der Waals surface area contributed by atoms with Gasteiger partial charge in [0.25, 0.3) is 15.9 Å². The third-order valence-electron chi connectivity index (χ3n) is 4.39. The van der Waals surface area contributed by atoms with Crippen molar-refractivity contribution >= 4 is 21.6 Å². The minimum Gasteiger partial charge on any atom is -0.345 e. The van der Waals surface area contributed by atoms with Gasteiger partial charge >= 0.3 is 0 Å². The number of carbonyl (C=O) groups is 1. The molecule has 6 heteroatoms. The summed E-state index contributed by atoms with van der Waals surface area (Å²) in [6, 6.07) is 24.2. The first kappa shape index (κ1) is 19.6. The molecule has 3 aromatic carbocycles. The SMILES string of the molecule is CC[C@@H](NC(=O)c1ccccc1NS(=O)(=O)c1ccccc1)c1ccccc1. The number of hydrogen-bond acceptors (Lipinski definition) is 3. The van der Waals surface area contributed by atoms with Gasteiger partial charge in [-0.3, -0.25) is 9.52 Å². The summed E-state index contributed by atoms with van der Waals surface area (Å²) in [6.45, 7) is 1.99. The Balaban J connectivity index is 1.85. The van der Waals surface area contributed by atoms with E-state index < -0.39 is 10.0 Å². The lowest BCUT2D eigenvalue weighted by atomic mass is 10.0. The summed E-state index contributed by atoms with van der Waals surface area (Å²) in [5, 5.41) is 2.99. The van der Waals surface area contributed by atoms with Crippen molar-refractivity contribution in [2.45, 2.75) is 24.3 Å². The molecule has 2 N–H and O–H groups in total. The minimum absolute atomic E-state index is 0.140. The molecule has 3 aromatic rings. The number of hydrogen-bond donors (Lipinski definition) is 2. The van der Waals surface area contributed by atoms with Crippen LogP contribution in [0, 0.1) is 0 Å². The van der Waals surface area contributed by atoms with Gasteiger partial charge in [0.1, 0.15) is 0 Å². The molecular weight excluding hydrogens is 372 g/mol. The molecule has 0 aliphatic rings. The first-order valence-corrected chi connectivity index (χ1v) is 10.5. The number of para-hydroxylation sites is 1. The molecule has 5 nitrogen and oxygen atoms in total. The van der Waals surface area contributed by atoms with Crippen molar-refractivity contribution in [3.05, 3.63) is 96.1 Å². The Labute approximate surface area is 165 Å². The molecular formula is C22H22N2O3S. The highest BCUT2D eigenvalue weighted by Crippen LogP contribution is 2.22. The van der Waals surface area contributed by atoms with Gasteiger partial charge in [-0.15, -0.1) is 0 Å². The topological polar surface area (TPSA) is 75.3 Å². The van der Waals surface area contributed by atoms with Gasteiger partial charge in [-0.05, 0) is 36.2 Å². The van der Waals surface area contributed by atoms with Gasteiger partial charge in [-0.25, -0.2) is 8.42 Å². The molecule has 0 radical (unpaired) electrons. The maximum Gasteiger partial charge on any atom is 0.261 e. The van der Waals surface area contributed by atoms with Crippen LogP contribution in [0.1, 0.15) is 35.3 Å². The third kappa shape index (κ3) is 4.58. The van der Waals surface area contributed by atoms with Crippen molar-refractivity contribution in [2.75, 3.05) is 4.72 Å². The number of carbonyl (C=O) groups excluding carboxylic acids is 1. The molecule has 1 amide bonds. The van der Waals surface area contributed by atoms with Crippen LogP contribution in [0.2, 0.25) is 0 Å². The Kier molecular flexibility index (Phi) is 6.11. The zero-order valence-electron chi connectivity index (χ0n) is 15.5. The lowest BCUT2D eigenvalue weighted by Crippen LogP contribution is -2.29. The van der Waals surface area contributed by atoms with Crippen LogP contribution >= 0.6 is 0 Å². The second-order valence-electron chi connectivity index (χ2n) is 6.31. The van der Waals surface area contributed by atoms with Crippen LogP contribution in [0.15, 0.2) is 89.8 Å². The van der Waals surface area contributed by atoms with E-state index in [2.05, 4.69) is 10.0 Å². The average Bonchev–Trinajstić information content (AvgIpc) is 2.73. The maximum absolute atomic E-state index is 12.9. The highest BCUT2D eigenvalue weighted by molar-refractivity contribution is 7.92. The van der Waals surface area contributed by atoms with Crippen LogP contribution in [0.5, 0.6) is 0 Å². The molecule has 144 valence electrons. The number of benzene rings is 3. The molecule has 0 aromatic heterocycles. The van der Waals surface area contributed by atoms with E-state index in [1.807, 2.05) is 37.3 Å². The van der Waals surface area contributed by atoms with Gasteiger partial charge in [0.2, 0.25) is 0 Å². The monoisotopic (exact) mass is 394 g/mol. The van der Waals surface area contributed by atoms with E-state index in [0.29, 0.717) is 6.42 Å². The summed E-state index contributed by atoms with van der Waals surface area (Å²) in [5.74, 6) is -0.331. The highest BCUT2D eigenvalue weighted by Gasteiger charge is 2.20. The molecule has 0 spiro atoms. The molecule has 28 heavy (non-hydrogen) atoms. The van der Waals surface area contributed by atoms with Crippen molar-refractivity contribution in [3.63, 3.8) is 0 Å². The van der Waals surface area contributed by atoms with Crippen LogP contribution < -0.4 is 10.0 Å². The van der Waals surface area contributed by atoms with E-state index in [1.165, 1.54) is 12.1 Å². The van der Waals surface area contributed by atoms with Gasteiger partial charge in [0, 0.05) is 0 Å². The number of anilines is 1. The number of amides is 1. The van der Waals surface area contributed by atoms with Crippen molar-refractivity contribution < 1.29 is 13.2 Å². The molecule has 1 atom stereocenters. The quantitative estimate of drug-likeness (QED) is 0.625. The van der Waals surface area contributed by atoms with Crippen LogP contribution in [0.3, 0.4) is 0 Å². The molecule has 0 aliphatic carbocycles. The minimum atomic E-state index is -3.79. The standard InChI is InChI=1S/C22H22N2O3S/c1-2-20(17-11-5-3-6-12-17)23-22(25)19-15-9-10-16-21(19)24-28(26,27)18-13-7-4-8-14-18/h3-16,20,24H,2H2,1H3,(H,23,25)/t20-/m1/s1. The van der Waals surface area contributed by atoms with Crippen LogP contribution in [-0.2, 0) is 10.0 Å². The molecule has 0 unspecified atom stereocenters. The Hall–Kier alpha value is -3.12. The Morgan fingerprint density at radius 1 is 0.857 bits per heavy atom. The second kappa shape index (κ2) is 8.71. The number of rotatable bonds is 7. The lowest BCUT2D eigenvalue weighted by Gasteiger charge is -2.19. The third-order valence-corrected chi connectivity index (χ3v) is 5.77. The van der Waals surface area contributed by atoms with Gasteiger partial charge in [0.05, 0.1) is 22.2 Å². The molecule has 0 heterocycles. The van der Waals surface area contributed by atoms with Crippen LogP contribution in [0.4, 0.5) is 5.69 Å². The summed E-state index contributed by atoms with van der Waals surface area (Å²) in [7, 11) is -3.79. The zero-order chi connectivity index (χ0) is 20.0. The van der Waals surface area contributed by atoms with Crippen molar-refractivity contribution in [1.29, 1.82) is 0 Å². The highest BCUT2D eigenvalue weighted by atomic mass is 32.2. The van der Waals surface area contributed by atoms with Gasteiger partial charge < -0.3 is 5.32 Å². The van der Waals surface area contributed by atoms with Gasteiger partial charge in [-0.2, -0.15) is 0 Å². The van der Waals surface area contributed by atoms with E-state index in [9.17, 15) is 13.2 Å². The summed E-state index contributed by atoms with van der Waals surface area (Å²) in [5.41, 5.74) is 1.52. The lowest BCUT2D eigenvalue weighted by molar-refractivity contribution is 0.0936. The predicted octanol–water partition coefficient (Wildman–Crippen LogP) is 4.37. The fourth-order valence-electron chi connectivity index (χ4n) is 2.92. The fraction of sp³-hybridized carbons (Fsp3) is 0.136. The van der Waals surface area contributed by atoms with Crippen LogP contribution in [0.25, 0.3) is 0 Å².